The Hall–Kier alpha value is -3.33. The number of nitrogens with zero attached hydrogens (tertiary/aromatic N) is 4. The smallest absolute Gasteiger partial charge is 0.435 e. The van der Waals surface area contributed by atoms with Gasteiger partial charge in [0.1, 0.15) is 0 Å². The number of aliphatic hydroxyl groups excluding tert-OH is 1. The number of aromatic nitrogens is 2. The first-order valence-corrected chi connectivity index (χ1v) is 13.9. The molecular weight excluding hydrogens is 553 g/mol. The summed E-state index contributed by atoms with van der Waals surface area (Å²) in [6.07, 6.45) is -6.05. The number of anilines is 1. The molecule has 5 rings (SSSR count). The van der Waals surface area contributed by atoms with Gasteiger partial charge in [0.05, 0.1) is 27.6 Å². The van der Waals surface area contributed by atoms with E-state index in [9.17, 15) is 26.7 Å². The molecule has 14 heteroatoms. The molecule has 0 saturated heterocycles. The zero-order valence-electron chi connectivity index (χ0n) is 22.3. The van der Waals surface area contributed by atoms with E-state index >= 15 is 0 Å². The van der Waals surface area contributed by atoms with Crippen LogP contribution in [0, 0.1) is 0 Å². The molecule has 0 fully saturated rings. The third-order valence-corrected chi connectivity index (χ3v) is 8.35. The Kier molecular flexibility index (Phi) is 7.01. The standard InChI is InChI=1S/C26H29F3N4O6S/c1-25(2,3)39-24(34)32-11-10-20-19(14-32)23(26(27,28)29)30-33(20)17-6-5-7-18(12-17)40(35,36)31(4)16-8-9-21-22(13-16)38-15-37-21/h5-9,12-13,24,34H,10-11,14-15H2,1-4H3. The Bertz CT molecular complexity index is 1530. The summed E-state index contributed by atoms with van der Waals surface area (Å²) in [5, 5.41) is 14.4. The Morgan fingerprint density at radius 1 is 1.10 bits per heavy atom. The molecule has 0 radical (unpaired) electrons. The van der Waals surface area contributed by atoms with E-state index in [4.69, 9.17) is 14.2 Å². The van der Waals surface area contributed by atoms with Crippen molar-refractivity contribution < 1.29 is 40.9 Å². The van der Waals surface area contributed by atoms with Crippen molar-refractivity contribution >= 4 is 15.7 Å². The average Bonchev–Trinajstić information content (AvgIpc) is 3.51. The highest BCUT2D eigenvalue weighted by Gasteiger charge is 2.42. The second-order valence-corrected chi connectivity index (χ2v) is 12.4. The highest BCUT2D eigenvalue weighted by atomic mass is 32.2. The van der Waals surface area contributed by atoms with Gasteiger partial charge in [-0.1, -0.05) is 6.07 Å². The van der Waals surface area contributed by atoms with E-state index in [1.54, 1.807) is 32.9 Å². The van der Waals surface area contributed by atoms with Crippen LogP contribution in [0.4, 0.5) is 18.9 Å². The van der Waals surface area contributed by atoms with E-state index in [0.29, 0.717) is 17.2 Å². The van der Waals surface area contributed by atoms with Crippen LogP contribution in [0.1, 0.15) is 37.7 Å². The second-order valence-electron chi connectivity index (χ2n) is 10.5. The zero-order valence-corrected chi connectivity index (χ0v) is 23.1. The first kappa shape index (κ1) is 28.2. The lowest BCUT2D eigenvalue weighted by molar-refractivity contribution is -0.243. The monoisotopic (exact) mass is 582 g/mol. The van der Waals surface area contributed by atoms with Crippen LogP contribution in [0.15, 0.2) is 47.4 Å². The van der Waals surface area contributed by atoms with Crippen LogP contribution in [0.5, 0.6) is 11.5 Å². The van der Waals surface area contributed by atoms with Gasteiger partial charge in [0, 0.05) is 38.2 Å². The Labute approximate surface area is 229 Å². The molecule has 0 bridgehead atoms. The SMILES string of the molecule is CN(c1ccc2c(c1)OCO2)S(=O)(=O)c1cccc(-n2nc(C(F)(F)F)c3c2CCN(C(O)OC(C)(C)C)C3)c1. The maximum absolute atomic E-state index is 14.1. The van der Waals surface area contributed by atoms with Gasteiger partial charge in [0.15, 0.2) is 17.2 Å². The molecule has 40 heavy (non-hydrogen) atoms. The average molecular weight is 583 g/mol. The summed E-state index contributed by atoms with van der Waals surface area (Å²) in [6, 6.07) is 10.3. The number of alkyl halides is 3. The molecule has 1 N–H and O–H groups in total. The van der Waals surface area contributed by atoms with Gasteiger partial charge in [-0.05, 0) is 51.1 Å². The van der Waals surface area contributed by atoms with E-state index in [0.717, 1.165) is 8.99 Å². The third-order valence-electron chi connectivity index (χ3n) is 6.57. The molecule has 1 aromatic heterocycles. The minimum absolute atomic E-state index is 0.0335. The fraction of sp³-hybridized carbons (Fsp3) is 0.423. The van der Waals surface area contributed by atoms with Crippen molar-refractivity contribution in [2.24, 2.45) is 0 Å². The predicted octanol–water partition coefficient (Wildman–Crippen LogP) is 3.89. The molecule has 3 heterocycles. The van der Waals surface area contributed by atoms with Crippen molar-refractivity contribution in [3.8, 4) is 17.2 Å². The van der Waals surface area contributed by atoms with E-state index in [1.165, 1.54) is 42.3 Å². The Morgan fingerprint density at radius 3 is 2.52 bits per heavy atom. The van der Waals surface area contributed by atoms with Gasteiger partial charge in [-0.25, -0.2) is 13.1 Å². The maximum atomic E-state index is 14.1. The van der Waals surface area contributed by atoms with Crippen molar-refractivity contribution in [2.75, 3.05) is 24.7 Å². The fourth-order valence-corrected chi connectivity index (χ4v) is 5.84. The highest BCUT2D eigenvalue weighted by molar-refractivity contribution is 7.92. The van der Waals surface area contributed by atoms with Crippen LogP contribution < -0.4 is 13.8 Å². The summed E-state index contributed by atoms with van der Waals surface area (Å²) < 4.78 is 87.5. The minimum Gasteiger partial charge on any atom is -0.454 e. The first-order valence-electron chi connectivity index (χ1n) is 12.4. The Morgan fingerprint density at radius 2 is 1.82 bits per heavy atom. The number of aliphatic hydroxyl groups is 1. The molecule has 2 aliphatic rings. The van der Waals surface area contributed by atoms with Crippen LogP contribution in [0.2, 0.25) is 0 Å². The summed E-state index contributed by atoms with van der Waals surface area (Å²) >= 11 is 0. The number of rotatable bonds is 6. The van der Waals surface area contributed by atoms with Crippen molar-refractivity contribution in [1.82, 2.24) is 14.7 Å². The summed E-state index contributed by atoms with van der Waals surface area (Å²) in [7, 11) is -2.73. The number of fused-ring (bicyclic) bond motifs is 2. The van der Waals surface area contributed by atoms with E-state index in [-0.39, 0.29) is 48.1 Å². The normalized spacial score (nSPS) is 16.6. The van der Waals surface area contributed by atoms with Gasteiger partial charge in [-0.3, -0.25) is 9.21 Å². The summed E-state index contributed by atoms with van der Waals surface area (Å²) in [6.45, 7) is 5.19. The largest absolute Gasteiger partial charge is 0.454 e. The van der Waals surface area contributed by atoms with Crippen LogP contribution in [-0.2, 0) is 33.9 Å². The van der Waals surface area contributed by atoms with E-state index in [2.05, 4.69) is 5.10 Å². The molecular formula is C26H29F3N4O6S. The third kappa shape index (κ3) is 5.36. The molecule has 3 aromatic rings. The fourth-order valence-electron chi connectivity index (χ4n) is 4.61. The van der Waals surface area contributed by atoms with E-state index in [1.807, 2.05) is 0 Å². The molecule has 0 saturated carbocycles. The van der Waals surface area contributed by atoms with Crippen molar-refractivity contribution in [3.05, 3.63) is 59.4 Å². The lowest BCUT2D eigenvalue weighted by Crippen LogP contribution is -2.44. The first-order chi connectivity index (χ1) is 18.6. The van der Waals surface area contributed by atoms with Gasteiger partial charge in [-0.2, -0.15) is 18.3 Å². The predicted molar refractivity (Wildman–Crippen MR) is 138 cm³/mol. The quantitative estimate of drug-likeness (QED) is 0.437. The zero-order chi connectivity index (χ0) is 29.0. The minimum atomic E-state index is -4.77. The molecule has 10 nitrogen and oxygen atoms in total. The number of halogens is 3. The summed E-state index contributed by atoms with van der Waals surface area (Å²) in [5.41, 5.74) is -1.14. The summed E-state index contributed by atoms with van der Waals surface area (Å²) in [4.78, 5) is 1.27. The van der Waals surface area contributed by atoms with Gasteiger partial charge < -0.3 is 19.3 Å². The number of benzene rings is 2. The molecule has 1 unspecified atom stereocenters. The van der Waals surface area contributed by atoms with Crippen molar-refractivity contribution in [3.63, 3.8) is 0 Å². The number of hydrogen-bond donors (Lipinski definition) is 1. The van der Waals surface area contributed by atoms with Gasteiger partial charge in [0.25, 0.3) is 10.0 Å². The van der Waals surface area contributed by atoms with Gasteiger partial charge >= 0.3 is 6.18 Å². The molecule has 2 aliphatic heterocycles. The summed E-state index contributed by atoms with van der Waals surface area (Å²) in [5.74, 6) is 0.903. The molecule has 2 aromatic carbocycles. The lowest BCUT2D eigenvalue weighted by Gasteiger charge is -2.35. The van der Waals surface area contributed by atoms with E-state index < -0.39 is 33.9 Å². The van der Waals surface area contributed by atoms with Gasteiger partial charge in [-0.15, -0.1) is 0 Å². The molecule has 0 amide bonds. The Balaban J connectivity index is 1.49. The highest BCUT2D eigenvalue weighted by Crippen LogP contribution is 2.38. The number of hydrogen-bond acceptors (Lipinski definition) is 8. The van der Waals surface area contributed by atoms with Crippen LogP contribution >= 0.6 is 0 Å². The second kappa shape index (κ2) is 9.94. The van der Waals surface area contributed by atoms with Crippen LogP contribution in [0.25, 0.3) is 5.69 Å². The molecule has 1 atom stereocenters. The van der Waals surface area contributed by atoms with Crippen LogP contribution in [0.3, 0.4) is 0 Å². The van der Waals surface area contributed by atoms with Crippen molar-refractivity contribution in [1.29, 1.82) is 0 Å². The topological polar surface area (TPSA) is 106 Å². The van der Waals surface area contributed by atoms with Crippen LogP contribution in [-0.4, -0.2) is 60.6 Å². The molecule has 216 valence electrons. The number of ether oxygens (including phenoxy) is 3. The maximum Gasteiger partial charge on any atom is 0.435 e. The molecule has 0 aliphatic carbocycles. The lowest BCUT2D eigenvalue weighted by atomic mass is 10.0. The van der Waals surface area contributed by atoms with Gasteiger partial charge in [0.2, 0.25) is 13.2 Å². The number of sulfonamides is 1. The van der Waals surface area contributed by atoms with Crippen molar-refractivity contribution in [2.45, 2.75) is 56.8 Å². The molecule has 0 spiro atoms.